The summed E-state index contributed by atoms with van der Waals surface area (Å²) in [5.74, 6) is -27.0. The Bertz CT molecular complexity index is 856. The number of nitrogens with zero attached hydrogens (tertiary/aromatic N) is 1. The fraction of sp³-hybridized carbons (Fsp3) is 0.700. The lowest BCUT2D eigenvalue weighted by Gasteiger charge is -2.38. The smallest absolute Gasteiger partial charge is 0.460 e. The van der Waals surface area contributed by atoms with E-state index in [9.17, 15) is 84.2 Å². The number of alkyl halides is 13. The molecule has 0 rings (SSSR count). The molecule has 0 aliphatic heterocycles. The zero-order chi connectivity index (χ0) is 25.8. The molecule has 0 spiro atoms. The van der Waals surface area contributed by atoms with Gasteiger partial charge in [0.2, 0.25) is 0 Å². The molecule has 0 amide bonds. The highest BCUT2D eigenvalue weighted by atomic mass is 32.2. The lowest BCUT2D eigenvalue weighted by molar-refractivity contribution is -0.383. The molecule has 0 heterocycles. The average Bonchev–Trinajstić information content (AvgIpc) is 2.50. The third-order valence-corrected chi connectivity index (χ3v) is 5.14. The van der Waals surface area contributed by atoms with Crippen LogP contribution < -0.4 is 5.11 Å². The van der Waals surface area contributed by atoms with Gasteiger partial charge in [0.15, 0.2) is 0 Å². The molecule has 0 saturated heterocycles. The Morgan fingerprint density at radius 3 is 1.39 bits per heavy atom. The van der Waals surface area contributed by atoms with Crippen molar-refractivity contribution in [3.05, 3.63) is 11.7 Å². The summed E-state index contributed by atoms with van der Waals surface area (Å²) in [5.41, 5.74) is -4.05. The molecule has 0 radical (unpaired) electrons. The Balaban J connectivity index is 6.84. The van der Waals surface area contributed by atoms with Gasteiger partial charge >= 0.3 is 35.2 Å². The molecule has 5 nitrogen and oxygen atoms in total. The Hall–Kier alpha value is -1.93. The van der Waals surface area contributed by atoms with Crippen LogP contribution in [0.5, 0.6) is 0 Å². The Morgan fingerprint density at radius 1 is 0.774 bits per heavy atom. The number of carbonyl (C=O) groups is 1. The van der Waals surface area contributed by atoms with E-state index < -0.39 is 74.2 Å². The predicted molar refractivity (Wildman–Crippen MR) is 61.7 cm³/mol. The largest absolute Gasteiger partial charge is 0.545 e. The molecule has 0 fully saturated rings. The van der Waals surface area contributed by atoms with Crippen LogP contribution in [0.3, 0.4) is 0 Å². The highest BCUT2D eigenvalue weighted by Crippen LogP contribution is 2.56. The van der Waals surface area contributed by atoms with Gasteiger partial charge in [0.1, 0.15) is 5.57 Å². The minimum Gasteiger partial charge on any atom is -0.545 e. The summed E-state index contributed by atoms with van der Waals surface area (Å²) in [5, 5.41) is 2.24. The van der Waals surface area contributed by atoms with Gasteiger partial charge in [-0.3, -0.25) is 0 Å². The summed E-state index contributed by atoms with van der Waals surface area (Å²) in [6.45, 7) is 0. The van der Waals surface area contributed by atoms with Gasteiger partial charge < -0.3 is 9.90 Å². The van der Waals surface area contributed by atoms with Crippen LogP contribution in [0.2, 0.25) is 0 Å². The van der Waals surface area contributed by atoms with E-state index in [0.717, 1.165) is 0 Å². The zero-order valence-corrected chi connectivity index (χ0v) is 14.5. The number of aliphatic carboxylic acids is 1. The van der Waals surface area contributed by atoms with E-state index in [1.807, 2.05) is 0 Å². The molecule has 21 heteroatoms. The number of carbonyl (C=O) groups excluding carboxylic acids is 1. The summed E-state index contributed by atoms with van der Waals surface area (Å²) in [6, 6.07) is -7.18. The Morgan fingerprint density at radius 2 is 1.13 bits per heavy atom. The van der Waals surface area contributed by atoms with Gasteiger partial charge in [-0.2, -0.15) is 65.9 Å². The van der Waals surface area contributed by atoms with Crippen molar-refractivity contribution in [2.45, 2.75) is 35.2 Å². The van der Waals surface area contributed by atoms with Crippen LogP contribution in [-0.2, 0) is 14.8 Å². The highest BCUT2D eigenvalue weighted by molar-refractivity contribution is 7.90. The van der Waals surface area contributed by atoms with Gasteiger partial charge in [-0.15, -0.1) is 4.31 Å². The fourth-order valence-corrected chi connectivity index (χ4v) is 2.73. The van der Waals surface area contributed by atoms with Crippen molar-refractivity contribution in [1.29, 1.82) is 0 Å². The first kappa shape index (κ1) is 29.1. The molecular weight excluding hydrogens is 515 g/mol. The number of halogens is 15. The molecule has 0 N–H and O–H groups in total. The molecule has 0 aliphatic carbocycles. The number of hydrogen-bond acceptors (Lipinski definition) is 4. The first-order chi connectivity index (χ1) is 13.2. The van der Waals surface area contributed by atoms with E-state index in [1.165, 1.54) is 0 Å². The zero-order valence-electron chi connectivity index (χ0n) is 13.7. The van der Waals surface area contributed by atoms with Crippen molar-refractivity contribution in [1.82, 2.24) is 4.31 Å². The number of sulfonamides is 1. The Labute approximate surface area is 159 Å². The maximum atomic E-state index is 13.7. The number of rotatable bonds is 8. The molecule has 0 aromatic heterocycles. The van der Waals surface area contributed by atoms with E-state index in [0.29, 0.717) is 0 Å². The van der Waals surface area contributed by atoms with Crippen molar-refractivity contribution in [3.8, 4) is 0 Å². The normalized spacial score (nSPS) is 15.3. The number of carboxylic acids is 1. The third-order valence-electron chi connectivity index (χ3n) is 3.28. The van der Waals surface area contributed by atoms with Crippen molar-refractivity contribution in [3.63, 3.8) is 0 Å². The van der Waals surface area contributed by atoms with Crippen LogP contribution in [0.25, 0.3) is 0 Å². The molecule has 0 aromatic rings. The van der Waals surface area contributed by atoms with Crippen molar-refractivity contribution >= 4 is 16.0 Å². The van der Waals surface area contributed by atoms with E-state index in [1.54, 1.807) is 0 Å². The second-order valence-electron chi connectivity index (χ2n) is 5.17. The van der Waals surface area contributed by atoms with Crippen molar-refractivity contribution in [2.24, 2.45) is 0 Å². The molecule has 0 aliphatic rings. The van der Waals surface area contributed by atoms with Crippen LogP contribution >= 0.6 is 0 Å². The molecule has 0 unspecified atom stereocenters. The molecule has 31 heavy (non-hydrogen) atoms. The molecular formula is C10H3F15NO4S-. The summed E-state index contributed by atoms with van der Waals surface area (Å²) in [4.78, 5) is 10.2. The maximum absolute atomic E-state index is 13.7. The minimum absolute atomic E-state index is 1.25. The maximum Gasteiger partial charge on any atom is 0.460 e. The second-order valence-corrected chi connectivity index (χ2v) is 7.18. The van der Waals surface area contributed by atoms with E-state index in [4.69, 9.17) is 0 Å². The molecule has 0 saturated carbocycles. The molecule has 0 aromatic carbocycles. The SMILES string of the molecule is CN(C(F)(F)C(F)(F)C(C(=O)[O-])=C(F)F)S(=O)(=O)C(F)(F)C(F)(F)C(F)(F)C(F)(F)F. The van der Waals surface area contributed by atoms with Gasteiger partial charge in [-0.25, -0.2) is 8.42 Å². The second kappa shape index (κ2) is 7.59. The van der Waals surface area contributed by atoms with Gasteiger partial charge in [-0.05, 0) is 0 Å². The van der Waals surface area contributed by atoms with E-state index in [-0.39, 0.29) is 0 Å². The third kappa shape index (κ3) is 4.00. The standard InChI is InChI=1S/C10H4F15NO4S/c1-26(9(22,23)5(13,14)2(3(11)12)4(27)28)31(29,30)10(24,25)7(17,18)6(15,16)8(19,20)21/h1H3,(H,27,28)/p-1. The molecule has 184 valence electrons. The summed E-state index contributed by atoms with van der Waals surface area (Å²) >= 11 is 0. The van der Waals surface area contributed by atoms with Crippen LogP contribution in [0.4, 0.5) is 65.9 Å². The van der Waals surface area contributed by atoms with Gasteiger partial charge in [0, 0.05) is 7.05 Å². The summed E-state index contributed by atoms with van der Waals surface area (Å²) in [7, 11) is -9.65. The lowest BCUT2D eigenvalue weighted by Crippen LogP contribution is -2.68. The minimum atomic E-state index is -8.41. The molecule has 0 atom stereocenters. The van der Waals surface area contributed by atoms with Crippen LogP contribution in [-0.4, -0.2) is 61.0 Å². The van der Waals surface area contributed by atoms with Crippen molar-refractivity contribution < 1.29 is 84.2 Å². The van der Waals surface area contributed by atoms with Gasteiger partial charge in [-0.1, -0.05) is 0 Å². The molecule has 0 bridgehead atoms. The first-order valence-electron chi connectivity index (χ1n) is 6.38. The van der Waals surface area contributed by atoms with Gasteiger partial charge in [0.25, 0.3) is 16.1 Å². The van der Waals surface area contributed by atoms with Crippen LogP contribution in [0, 0.1) is 0 Å². The average molecular weight is 518 g/mol. The number of carboxylic acid groups (broad SMARTS) is 1. The Kier molecular flexibility index (Phi) is 7.11. The summed E-state index contributed by atoms with van der Waals surface area (Å²) in [6.07, 6.45) is -11.9. The fourth-order valence-electron chi connectivity index (χ4n) is 1.52. The van der Waals surface area contributed by atoms with Crippen LogP contribution in [0.15, 0.2) is 11.7 Å². The highest BCUT2D eigenvalue weighted by Gasteiger charge is 2.86. The topological polar surface area (TPSA) is 77.5 Å². The van der Waals surface area contributed by atoms with E-state index >= 15 is 0 Å². The van der Waals surface area contributed by atoms with Crippen molar-refractivity contribution in [2.75, 3.05) is 7.05 Å². The number of hydrogen-bond donors (Lipinski definition) is 0. The monoisotopic (exact) mass is 518 g/mol. The first-order valence-corrected chi connectivity index (χ1v) is 7.82. The van der Waals surface area contributed by atoms with Gasteiger partial charge in [0.05, 0.1) is 5.97 Å². The summed E-state index contributed by atoms with van der Waals surface area (Å²) < 4.78 is 213. The predicted octanol–water partition coefficient (Wildman–Crippen LogP) is 2.80. The van der Waals surface area contributed by atoms with E-state index in [2.05, 4.69) is 0 Å². The van der Waals surface area contributed by atoms with Crippen LogP contribution in [0.1, 0.15) is 0 Å². The lowest BCUT2D eigenvalue weighted by atomic mass is 10.1. The quantitative estimate of drug-likeness (QED) is 0.282.